The second-order valence-corrected chi connectivity index (χ2v) is 6.06. The minimum absolute atomic E-state index is 0.0585. The maximum absolute atomic E-state index is 14.8. The minimum atomic E-state index is -1.33. The number of nitrogens with two attached hydrogens (primary N) is 1. The molecule has 0 radical (unpaired) electrons. The van der Waals surface area contributed by atoms with E-state index in [1.165, 1.54) is 0 Å². The van der Waals surface area contributed by atoms with Crippen LogP contribution >= 0.6 is 11.6 Å². The van der Waals surface area contributed by atoms with Crippen LogP contribution in [0.25, 0.3) is 0 Å². The highest BCUT2D eigenvalue weighted by Crippen LogP contribution is 2.47. The van der Waals surface area contributed by atoms with Gasteiger partial charge in [0.1, 0.15) is 5.67 Å². The molecule has 4 nitrogen and oxygen atoms in total. The molecule has 1 aromatic rings. The van der Waals surface area contributed by atoms with Crippen LogP contribution in [-0.2, 0) is 10.4 Å². The standard InChI is InChI=1S/C15H19ClFN3O/c16-12-3-1-2-11(8-12)15(17)9-13(10-15)19-14(18)20-4-6-21-7-5-20/h1-3,8,13H,4-7,9-10H2,(H2,18,19). The molecule has 2 N–H and O–H groups in total. The van der Waals surface area contributed by atoms with Crippen molar-refractivity contribution in [1.29, 1.82) is 0 Å². The van der Waals surface area contributed by atoms with E-state index in [4.69, 9.17) is 22.1 Å². The number of morpholine rings is 1. The van der Waals surface area contributed by atoms with Gasteiger partial charge in [0.15, 0.2) is 5.96 Å². The molecule has 1 aliphatic carbocycles. The molecule has 21 heavy (non-hydrogen) atoms. The van der Waals surface area contributed by atoms with Crippen molar-refractivity contribution >= 4 is 17.6 Å². The van der Waals surface area contributed by atoms with Gasteiger partial charge in [-0.05, 0) is 17.7 Å². The summed E-state index contributed by atoms with van der Waals surface area (Å²) in [6, 6.07) is 6.93. The third-order valence-electron chi connectivity index (χ3n) is 4.11. The number of benzene rings is 1. The van der Waals surface area contributed by atoms with E-state index in [0.29, 0.717) is 42.6 Å². The Labute approximate surface area is 128 Å². The summed E-state index contributed by atoms with van der Waals surface area (Å²) < 4.78 is 20.0. The first-order valence-corrected chi connectivity index (χ1v) is 7.55. The molecular weight excluding hydrogens is 293 g/mol. The van der Waals surface area contributed by atoms with Crippen LogP contribution in [0.1, 0.15) is 18.4 Å². The lowest BCUT2D eigenvalue weighted by molar-refractivity contribution is 0.0393. The van der Waals surface area contributed by atoms with Gasteiger partial charge in [-0.3, -0.25) is 0 Å². The molecule has 6 heteroatoms. The van der Waals surface area contributed by atoms with E-state index in [2.05, 4.69) is 4.99 Å². The molecule has 2 aliphatic rings. The highest BCUT2D eigenvalue weighted by Gasteiger charge is 2.46. The Hall–Kier alpha value is -1.33. The summed E-state index contributed by atoms with van der Waals surface area (Å²) in [5.74, 6) is 0.497. The first-order valence-electron chi connectivity index (χ1n) is 7.18. The molecule has 1 aromatic carbocycles. The molecule has 2 fully saturated rings. The van der Waals surface area contributed by atoms with E-state index in [1.54, 1.807) is 24.3 Å². The number of hydrogen-bond donors (Lipinski definition) is 1. The molecular formula is C15H19ClFN3O. The lowest BCUT2D eigenvalue weighted by atomic mass is 9.73. The van der Waals surface area contributed by atoms with Crippen molar-refractivity contribution in [2.45, 2.75) is 24.6 Å². The molecule has 0 bridgehead atoms. The van der Waals surface area contributed by atoms with Crippen molar-refractivity contribution in [3.63, 3.8) is 0 Å². The first kappa shape index (κ1) is 14.6. The van der Waals surface area contributed by atoms with Gasteiger partial charge in [0.2, 0.25) is 0 Å². The fraction of sp³-hybridized carbons (Fsp3) is 0.533. The van der Waals surface area contributed by atoms with Crippen molar-refractivity contribution in [2.75, 3.05) is 26.3 Å². The number of aliphatic imine (C=N–C) groups is 1. The maximum Gasteiger partial charge on any atom is 0.191 e. The predicted octanol–water partition coefficient (Wildman–Crippen LogP) is 2.31. The monoisotopic (exact) mass is 311 g/mol. The molecule has 0 atom stereocenters. The molecule has 0 spiro atoms. The fourth-order valence-electron chi connectivity index (χ4n) is 2.84. The topological polar surface area (TPSA) is 50.8 Å². The van der Waals surface area contributed by atoms with Crippen LogP contribution in [0.3, 0.4) is 0 Å². The zero-order chi connectivity index (χ0) is 14.9. The van der Waals surface area contributed by atoms with Gasteiger partial charge in [-0.2, -0.15) is 0 Å². The van der Waals surface area contributed by atoms with Crippen LogP contribution in [0.2, 0.25) is 5.02 Å². The first-order chi connectivity index (χ1) is 10.1. The van der Waals surface area contributed by atoms with Gasteiger partial charge >= 0.3 is 0 Å². The lowest BCUT2D eigenvalue weighted by Crippen LogP contribution is -2.47. The molecule has 1 saturated carbocycles. The fourth-order valence-corrected chi connectivity index (χ4v) is 3.03. The average Bonchev–Trinajstić information content (AvgIpc) is 2.46. The van der Waals surface area contributed by atoms with E-state index in [0.717, 1.165) is 13.1 Å². The van der Waals surface area contributed by atoms with Gasteiger partial charge in [-0.1, -0.05) is 23.7 Å². The van der Waals surface area contributed by atoms with Crippen LogP contribution in [0.15, 0.2) is 29.3 Å². The van der Waals surface area contributed by atoms with E-state index >= 15 is 0 Å². The number of guanidine groups is 1. The van der Waals surface area contributed by atoms with Crippen molar-refractivity contribution in [3.05, 3.63) is 34.9 Å². The third kappa shape index (κ3) is 3.14. The summed E-state index contributed by atoms with van der Waals surface area (Å²) in [5, 5.41) is 0.560. The molecule has 1 heterocycles. The second-order valence-electron chi connectivity index (χ2n) is 5.62. The van der Waals surface area contributed by atoms with Crippen molar-refractivity contribution in [2.24, 2.45) is 10.7 Å². The molecule has 1 saturated heterocycles. The van der Waals surface area contributed by atoms with Crippen molar-refractivity contribution in [1.82, 2.24) is 4.90 Å². The quantitative estimate of drug-likeness (QED) is 0.673. The highest BCUT2D eigenvalue weighted by molar-refractivity contribution is 6.30. The number of ether oxygens (including phenoxy) is 1. The lowest BCUT2D eigenvalue weighted by Gasteiger charge is -2.40. The zero-order valence-corrected chi connectivity index (χ0v) is 12.5. The summed E-state index contributed by atoms with van der Waals surface area (Å²) in [7, 11) is 0. The van der Waals surface area contributed by atoms with Gasteiger partial charge in [-0.15, -0.1) is 0 Å². The smallest absolute Gasteiger partial charge is 0.191 e. The Morgan fingerprint density at radius 1 is 1.38 bits per heavy atom. The van der Waals surface area contributed by atoms with E-state index < -0.39 is 5.67 Å². The summed E-state index contributed by atoms with van der Waals surface area (Å²) in [6.07, 6.45) is 0.719. The molecule has 0 unspecified atom stereocenters. The molecule has 114 valence electrons. The number of nitrogens with zero attached hydrogens (tertiary/aromatic N) is 2. The largest absolute Gasteiger partial charge is 0.378 e. The number of alkyl halides is 1. The van der Waals surface area contributed by atoms with Crippen molar-refractivity contribution < 1.29 is 9.13 Å². The van der Waals surface area contributed by atoms with Gasteiger partial charge in [0, 0.05) is 31.0 Å². The number of hydrogen-bond acceptors (Lipinski definition) is 2. The minimum Gasteiger partial charge on any atom is -0.378 e. The molecule has 0 aromatic heterocycles. The van der Waals surface area contributed by atoms with E-state index in [9.17, 15) is 4.39 Å². The van der Waals surface area contributed by atoms with Gasteiger partial charge in [0.05, 0.1) is 19.3 Å². The normalized spacial score (nSPS) is 30.1. The van der Waals surface area contributed by atoms with Crippen LogP contribution < -0.4 is 5.73 Å². The molecule has 1 aliphatic heterocycles. The Balaban J connectivity index is 1.62. The predicted molar refractivity (Wildman–Crippen MR) is 81.3 cm³/mol. The van der Waals surface area contributed by atoms with Crippen LogP contribution in [-0.4, -0.2) is 43.2 Å². The highest BCUT2D eigenvalue weighted by atomic mass is 35.5. The van der Waals surface area contributed by atoms with Gasteiger partial charge < -0.3 is 15.4 Å². The van der Waals surface area contributed by atoms with Crippen molar-refractivity contribution in [3.8, 4) is 0 Å². The van der Waals surface area contributed by atoms with E-state index in [1.807, 2.05) is 4.90 Å². The zero-order valence-electron chi connectivity index (χ0n) is 11.8. The number of halogens is 2. The summed E-state index contributed by atoms with van der Waals surface area (Å²) in [4.78, 5) is 6.43. The average molecular weight is 312 g/mol. The van der Waals surface area contributed by atoms with Crippen LogP contribution in [0, 0.1) is 0 Å². The second kappa shape index (κ2) is 5.81. The maximum atomic E-state index is 14.8. The third-order valence-corrected chi connectivity index (χ3v) is 4.35. The van der Waals surface area contributed by atoms with Crippen LogP contribution in [0.4, 0.5) is 4.39 Å². The Morgan fingerprint density at radius 3 is 2.76 bits per heavy atom. The Morgan fingerprint density at radius 2 is 2.10 bits per heavy atom. The summed E-state index contributed by atoms with van der Waals surface area (Å²) >= 11 is 5.92. The number of rotatable bonds is 2. The molecule has 3 rings (SSSR count). The summed E-state index contributed by atoms with van der Waals surface area (Å²) in [5.41, 5.74) is 5.29. The SMILES string of the molecule is NC(=NC1CC(F)(c2cccc(Cl)c2)C1)N1CCOCC1. The molecule has 0 amide bonds. The summed E-state index contributed by atoms with van der Waals surface area (Å²) in [6.45, 7) is 2.82. The van der Waals surface area contributed by atoms with Crippen LogP contribution in [0.5, 0.6) is 0 Å². The Bertz CT molecular complexity index is 539. The van der Waals surface area contributed by atoms with Gasteiger partial charge in [-0.25, -0.2) is 9.38 Å². The van der Waals surface area contributed by atoms with E-state index in [-0.39, 0.29) is 6.04 Å². The van der Waals surface area contributed by atoms with Gasteiger partial charge in [0.25, 0.3) is 0 Å². The Kier molecular flexibility index (Phi) is 4.04.